The molecule has 0 saturated heterocycles. The lowest BCUT2D eigenvalue weighted by Gasteiger charge is -2.14. The highest BCUT2D eigenvalue weighted by Crippen LogP contribution is 2.36. The van der Waals surface area contributed by atoms with Gasteiger partial charge in [0.05, 0.1) is 19.6 Å². The Kier molecular flexibility index (Phi) is 4.75. The van der Waals surface area contributed by atoms with Gasteiger partial charge in [-0.15, -0.1) is 11.3 Å². The fraction of sp³-hybridized carbons (Fsp3) is 0.167. The SMILES string of the molecule is CC(Nc1ccc([N+](=O)[O-])c(Cl)c1)c1cc(Cl)sc1Cl. The first kappa shape index (κ1) is 15.4. The van der Waals surface area contributed by atoms with Crippen LogP contribution in [0.15, 0.2) is 24.3 Å². The Morgan fingerprint density at radius 2 is 2.00 bits per heavy atom. The molecule has 0 amide bonds. The van der Waals surface area contributed by atoms with E-state index < -0.39 is 4.92 Å². The summed E-state index contributed by atoms with van der Waals surface area (Å²) >= 11 is 19.1. The van der Waals surface area contributed by atoms with Gasteiger partial charge >= 0.3 is 0 Å². The van der Waals surface area contributed by atoms with E-state index in [1.54, 1.807) is 12.1 Å². The molecule has 0 bridgehead atoms. The molecule has 4 nitrogen and oxygen atoms in total. The Morgan fingerprint density at radius 1 is 1.30 bits per heavy atom. The van der Waals surface area contributed by atoms with Gasteiger partial charge < -0.3 is 5.32 Å². The molecule has 1 aromatic heterocycles. The molecule has 0 aliphatic rings. The molecule has 1 aromatic carbocycles. The Labute approximate surface area is 134 Å². The second-order valence-corrected chi connectivity index (χ2v) is 6.76. The maximum absolute atomic E-state index is 10.7. The normalized spacial score (nSPS) is 12.2. The van der Waals surface area contributed by atoms with Gasteiger partial charge in [0.15, 0.2) is 0 Å². The summed E-state index contributed by atoms with van der Waals surface area (Å²) in [5.74, 6) is 0. The van der Waals surface area contributed by atoms with Gasteiger partial charge in [0.1, 0.15) is 5.02 Å². The summed E-state index contributed by atoms with van der Waals surface area (Å²) in [6.45, 7) is 1.92. The largest absolute Gasteiger partial charge is 0.378 e. The zero-order chi connectivity index (χ0) is 14.9. The van der Waals surface area contributed by atoms with Crippen LogP contribution in [0.1, 0.15) is 18.5 Å². The Hall–Kier alpha value is -1.01. The van der Waals surface area contributed by atoms with E-state index in [1.165, 1.54) is 23.5 Å². The predicted octanol–water partition coefficient (Wildman–Crippen LogP) is 5.79. The molecule has 0 fully saturated rings. The molecule has 2 rings (SSSR count). The first-order chi connectivity index (χ1) is 9.38. The van der Waals surface area contributed by atoms with Crippen LogP contribution in [-0.2, 0) is 0 Å². The average Bonchev–Trinajstić information content (AvgIpc) is 2.68. The van der Waals surface area contributed by atoms with Gasteiger partial charge in [-0.3, -0.25) is 10.1 Å². The number of benzene rings is 1. The molecule has 8 heteroatoms. The number of rotatable bonds is 4. The van der Waals surface area contributed by atoms with E-state index >= 15 is 0 Å². The van der Waals surface area contributed by atoms with E-state index in [4.69, 9.17) is 34.8 Å². The minimum absolute atomic E-state index is 0.0849. The number of nitro groups is 1. The molecule has 1 heterocycles. The molecule has 0 radical (unpaired) electrons. The van der Waals surface area contributed by atoms with Crippen molar-refractivity contribution in [3.8, 4) is 0 Å². The Bertz CT molecular complexity index is 660. The fourth-order valence-corrected chi connectivity index (χ4v) is 3.62. The third kappa shape index (κ3) is 3.35. The molecular weight excluding hydrogens is 343 g/mol. The summed E-state index contributed by atoms with van der Waals surface area (Å²) in [6.07, 6.45) is 0. The molecule has 2 aromatic rings. The lowest BCUT2D eigenvalue weighted by molar-refractivity contribution is -0.384. The van der Waals surface area contributed by atoms with Gasteiger partial charge in [-0.2, -0.15) is 0 Å². The van der Waals surface area contributed by atoms with E-state index in [0.717, 1.165) is 5.56 Å². The number of nitrogens with zero attached hydrogens (tertiary/aromatic N) is 1. The molecule has 20 heavy (non-hydrogen) atoms. The van der Waals surface area contributed by atoms with Crippen molar-refractivity contribution >= 4 is 57.5 Å². The third-order valence-electron chi connectivity index (χ3n) is 2.68. The highest BCUT2D eigenvalue weighted by atomic mass is 35.5. The number of halogens is 3. The molecule has 106 valence electrons. The monoisotopic (exact) mass is 350 g/mol. The lowest BCUT2D eigenvalue weighted by atomic mass is 10.1. The molecule has 0 saturated carbocycles. The molecule has 1 unspecified atom stereocenters. The van der Waals surface area contributed by atoms with Crippen molar-refractivity contribution in [1.29, 1.82) is 0 Å². The van der Waals surface area contributed by atoms with Crippen LogP contribution in [0.2, 0.25) is 13.7 Å². The van der Waals surface area contributed by atoms with E-state index in [0.29, 0.717) is 14.4 Å². The second kappa shape index (κ2) is 6.18. The summed E-state index contributed by atoms with van der Waals surface area (Å²) in [5, 5.41) is 14.0. The minimum atomic E-state index is -0.523. The van der Waals surface area contributed by atoms with Gasteiger partial charge in [-0.1, -0.05) is 34.8 Å². The molecule has 1 atom stereocenters. The van der Waals surface area contributed by atoms with Gasteiger partial charge in [0.25, 0.3) is 5.69 Å². The van der Waals surface area contributed by atoms with E-state index in [-0.39, 0.29) is 16.8 Å². The van der Waals surface area contributed by atoms with Crippen LogP contribution in [0, 0.1) is 10.1 Å². The zero-order valence-corrected chi connectivity index (χ0v) is 13.3. The van der Waals surface area contributed by atoms with Crippen molar-refractivity contribution in [3.63, 3.8) is 0 Å². The second-order valence-electron chi connectivity index (χ2n) is 4.07. The molecule has 0 aliphatic heterocycles. The van der Waals surface area contributed by atoms with E-state index in [1.807, 2.05) is 6.92 Å². The van der Waals surface area contributed by atoms with E-state index in [9.17, 15) is 10.1 Å². The van der Waals surface area contributed by atoms with Crippen LogP contribution in [0.4, 0.5) is 11.4 Å². The predicted molar refractivity (Wildman–Crippen MR) is 84.5 cm³/mol. The highest BCUT2D eigenvalue weighted by molar-refractivity contribution is 7.20. The Morgan fingerprint density at radius 3 is 2.50 bits per heavy atom. The smallest absolute Gasteiger partial charge is 0.288 e. The zero-order valence-electron chi connectivity index (χ0n) is 10.2. The fourth-order valence-electron chi connectivity index (χ4n) is 1.72. The summed E-state index contributed by atoms with van der Waals surface area (Å²) < 4.78 is 1.23. The molecule has 1 N–H and O–H groups in total. The van der Waals surface area contributed by atoms with Crippen molar-refractivity contribution < 1.29 is 4.92 Å². The summed E-state index contributed by atoms with van der Waals surface area (Å²) in [6, 6.07) is 6.17. The molecule has 0 aliphatic carbocycles. The van der Waals surface area contributed by atoms with Crippen LogP contribution in [-0.4, -0.2) is 4.92 Å². The van der Waals surface area contributed by atoms with Gasteiger partial charge in [-0.05, 0) is 25.1 Å². The van der Waals surface area contributed by atoms with Gasteiger partial charge in [-0.25, -0.2) is 0 Å². The standard InChI is InChI=1S/C12H9Cl3N2O2S/c1-6(8-5-11(14)20-12(8)15)16-7-2-3-10(17(18)19)9(13)4-7/h2-6,16H,1H3. The van der Waals surface area contributed by atoms with Crippen LogP contribution < -0.4 is 5.32 Å². The van der Waals surface area contributed by atoms with Crippen molar-refractivity contribution in [2.45, 2.75) is 13.0 Å². The first-order valence-corrected chi connectivity index (χ1v) is 7.48. The van der Waals surface area contributed by atoms with Crippen molar-refractivity contribution in [3.05, 3.63) is 53.6 Å². The summed E-state index contributed by atoms with van der Waals surface area (Å²) in [5.41, 5.74) is 1.42. The number of hydrogen-bond acceptors (Lipinski definition) is 4. The Balaban J connectivity index is 2.20. The number of nitro benzene ring substituents is 1. The van der Waals surface area contributed by atoms with Crippen LogP contribution in [0.3, 0.4) is 0 Å². The van der Waals surface area contributed by atoms with Crippen LogP contribution in [0.5, 0.6) is 0 Å². The van der Waals surface area contributed by atoms with Crippen LogP contribution >= 0.6 is 46.1 Å². The van der Waals surface area contributed by atoms with Gasteiger partial charge in [0.2, 0.25) is 0 Å². The summed E-state index contributed by atoms with van der Waals surface area (Å²) in [7, 11) is 0. The minimum Gasteiger partial charge on any atom is -0.378 e. The first-order valence-electron chi connectivity index (χ1n) is 5.53. The third-order valence-corrected chi connectivity index (χ3v) is 4.50. The van der Waals surface area contributed by atoms with Crippen molar-refractivity contribution in [1.82, 2.24) is 0 Å². The number of hydrogen-bond donors (Lipinski definition) is 1. The van der Waals surface area contributed by atoms with Crippen molar-refractivity contribution in [2.75, 3.05) is 5.32 Å². The number of anilines is 1. The maximum Gasteiger partial charge on any atom is 0.288 e. The highest BCUT2D eigenvalue weighted by Gasteiger charge is 2.16. The summed E-state index contributed by atoms with van der Waals surface area (Å²) in [4.78, 5) is 10.2. The number of nitrogens with one attached hydrogen (secondary N) is 1. The van der Waals surface area contributed by atoms with Crippen molar-refractivity contribution in [2.24, 2.45) is 0 Å². The number of thiophene rings is 1. The maximum atomic E-state index is 10.7. The average molecular weight is 352 g/mol. The molecular formula is C12H9Cl3N2O2S. The molecule has 0 spiro atoms. The topological polar surface area (TPSA) is 55.2 Å². The quantitative estimate of drug-likeness (QED) is 0.560. The van der Waals surface area contributed by atoms with Gasteiger partial charge in [0, 0.05) is 17.3 Å². The lowest BCUT2D eigenvalue weighted by Crippen LogP contribution is -2.06. The van der Waals surface area contributed by atoms with Crippen LogP contribution in [0.25, 0.3) is 0 Å². The van der Waals surface area contributed by atoms with E-state index in [2.05, 4.69) is 5.32 Å².